The van der Waals surface area contributed by atoms with Crippen LogP contribution < -0.4 is 10.1 Å². The fraction of sp³-hybridized carbons (Fsp3) is 0.533. The summed E-state index contributed by atoms with van der Waals surface area (Å²) >= 11 is 6.17. The molecule has 0 saturated heterocycles. The molecule has 0 bridgehead atoms. The summed E-state index contributed by atoms with van der Waals surface area (Å²) in [4.78, 5) is 11.6. The molecule has 1 aromatic carbocycles. The van der Waals surface area contributed by atoms with Gasteiger partial charge in [-0.1, -0.05) is 37.6 Å². The number of ether oxygens (including phenoxy) is 2. The predicted octanol–water partition coefficient (Wildman–Crippen LogP) is 3.17. The molecule has 0 spiro atoms. The zero-order chi connectivity index (χ0) is 15.1. The van der Waals surface area contributed by atoms with Crippen LogP contribution in [-0.2, 0) is 16.1 Å². The van der Waals surface area contributed by atoms with Gasteiger partial charge in [0.2, 0.25) is 0 Å². The summed E-state index contributed by atoms with van der Waals surface area (Å²) in [6, 6.07) is 5.88. The van der Waals surface area contributed by atoms with Gasteiger partial charge in [0.25, 0.3) is 0 Å². The van der Waals surface area contributed by atoms with E-state index in [1.165, 1.54) is 0 Å². The van der Waals surface area contributed by atoms with Gasteiger partial charge >= 0.3 is 5.97 Å². The van der Waals surface area contributed by atoms with E-state index in [2.05, 4.69) is 19.2 Å². The molecule has 0 aromatic heterocycles. The van der Waals surface area contributed by atoms with Gasteiger partial charge in [-0.2, -0.15) is 0 Å². The Kier molecular flexibility index (Phi) is 6.82. The van der Waals surface area contributed by atoms with Crippen molar-refractivity contribution in [3.63, 3.8) is 0 Å². The molecule has 112 valence electrons. The zero-order valence-electron chi connectivity index (χ0n) is 12.4. The molecular weight excluding hydrogens is 278 g/mol. The maximum Gasteiger partial charge on any atom is 0.347 e. The molecule has 0 heterocycles. The molecular formula is C15H22ClNO3. The van der Waals surface area contributed by atoms with Crippen molar-refractivity contribution in [1.29, 1.82) is 0 Å². The van der Waals surface area contributed by atoms with Crippen molar-refractivity contribution in [3.05, 3.63) is 28.8 Å². The smallest absolute Gasteiger partial charge is 0.347 e. The number of hydrogen-bond acceptors (Lipinski definition) is 4. The van der Waals surface area contributed by atoms with Crippen molar-refractivity contribution in [2.45, 2.75) is 46.4 Å². The van der Waals surface area contributed by atoms with Crippen molar-refractivity contribution in [1.82, 2.24) is 5.32 Å². The minimum atomic E-state index is -0.687. The molecule has 0 aliphatic rings. The van der Waals surface area contributed by atoms with E-state index in [0.29, 0.717) is 30.0 Å². The molecule has 0 radical (unpaired) electrons. The van der Waals surface area contributed by atoms with Gasteiger partial charge in [0.05, 0.1) is 11.6 Å². The zero-order valence-corrected chi connectivity index (χ0v) is 13.2. The van der Waals surface area contributed by atoms with Crippen LogP contribution in [0, 0.1) is 0 Å². The van der Waals surface area contributed by atoms with E-state index in [4.69, 9.17) is 21.1 Å². The number of halogens is 1. The number of rotatable bonds is 7. The first kappa shape index (κ1) is 16.8. The van der Waals surface area contributed by atoms with Gasteiger partial charge in [0.15, 0.2) is 6.10 Å². The first-order valence-corrected chi connectivity index (χ1v) is 7.17. The Morgan fingerprint density at radius 2 is 2.05 bits per heavy atom. The Labute approximate surface area is 125 Å². The first-order chi connectivity index (χ1) is 9.45. The van der Waals surface area contributed by atoms with Crippen molar-refractivity contribution >= 4 is 17.6 Å². The summed E-state index contributed by atoms with van der Waals surface area (Å²) in [7, 11) is 0. The topological polar surface area (TPSA) is 47.6 Å². The number of carbonyl (C=O) groups is 1. The van der Waals surface area contributed by atoms with E-state index in [1.54, 1.807) is 19.9 Å². The number of para-hydroxylation sites is 1. The highest BCUT2D eigenvalue weighted by molar-refractivity contribution is 6.32. The van der Waals surface area contributed by atoms with E-state index in [-0.39, 0.29) is 0 Å². The lowest BCUT2D eigenvalue weighted by Gasteiger charge is -2.18. The Bertz CT molecular complexity index is 449. The van der Waals surface area contributed by atoms with Crippen LogP contribution in [0.15, 0.2) is 18.2 Å². The van der Waals surface area contributed by atoms with Crippen LogP contribution in [0.4, 0.5) is 0 Å². The van der Waals surface area contributed by atoms with Crippen LogP contribution in [0.1, 0.15) is 33.3 Å². The lowest BCUT2D eigenvalue weighted by molar-refractivity contribution is -0.150. The molecule has 1 unspecified atom stereocenters. The minimum absolute atomic E-state index is 0.330. The second-order valence-electron chi connectivity index (χ2n) is 4.78. The fourth-order valence-corrected chi connectivity index (χ4v) is 1.86. The number of nitrogens with one attached hydrogen (secondary N) is 1. The van der Waals surface area contributed by atoms with Crippen LogP contribution in [0.5, 0.6) is 5.75 Å². The molecule has 20 heavy (non-hydrogen) atoms. The summed E-state index contributed by atoms with van der Waals surface area (Å²) < 4.78 is 10.6. The number of esters is 1. The Hall–Kier alpha value is -1.26. The van der Waals surface area contributed by atoms with Crippen LogP contribution in [0.25, 0.3) is 0 Å². The van der Waals surface area contributed by atoms with Crippen molar-refractivity contribution in [2.75, 3.05) is 6.61 Å². The number of hydrogen-bond donors (Lipinski definition) is 1. The molecule has 0 amide bonds. The summed E-state index contributed by atoms with van der Waals surface area (Å²) in [6.45, 7) is 8.50. The maximum absolute atomic E-state index is 11.6. The van der Waals surface area contributed by atoms with Crippen molar-refractivity contribution in [3.8, 4) is 5.75 Å². The summed E-state index contributed by atoms with van der Waals surface area (Å²) in [5, 5.41) is 3.79. The Morgan fingerprint density at radius 3 is 2.65 bits per heavy atom. The standard InChI is InChI=1S/C15H22ClNO3/c1-5-19-15(18)11(4)20-14-12(9-17-10(2)3)7-6-8-13(14)16/h6-8,10-11,17H,5,9H2,1-4H3. The maximum atomic E-state index is 11.6. The minimum Gasteiger partial charge on any atom is -0.477 e. The largest absolute Gasteiger partial charge is 0.477 e. The lowest BCUT2D eigenvalue weighted by atomic mass is 10.2. The third kappa shape index (κ3) is 5.02. The van der Waals surface area contributed by atoms with E-state index < -0.39 is 12.1 Å². The quantitative estimate of drug-likeness (QED) is 0.786. The highest BCUT2D eigenvalue weighted by atomic mass is 35.5. The fourth-order valence-electron chi connectivity index (χ4n) is 1.62. The van der Waals surface area contributed by atoms with Gasteiger partial charge in [-0.05, 0) is 19.9 Å². The third-order valence-electron chi connectivity index (χ3n) is 2.66. The van der Waals surface area contributed by atoms with Gasteiger partial charge in [0.1, 0.15) is 5.75 Å². The first-order valence-electron chi connectivity index (χ1n) is 6.79. The van der Waals surface area contributed by atoms with Crippen molar-refractivity contribution in [2.24, 2.45) is 0 Å². The van der Waals surface area contributed by atoms with Crippen molar-refractivity contribution < 1.29 is 14.3 Å². The van der Waals surface area contributed by atoms with Gasteiger partial charge in [0, 0.05) is 18.2 Å². The molecule has 0 aliphatic carbocycles. The Morgan fingerprint density at radius 1 is 1.35 bits per heavy atom. The normalized spacial score (nSPS) is 12.3. The summed E-state index contributed by atoms with van der Waals surface area (Å²) in [5.74, 6) is 0.137. The molecule has 0 aliphatic heterocycles. The van der Waals surface area contributed by atoms with Crippen LogP contribution >= 0.6 is 11.6 Å². The van der Waals surface area contributed by atoms with Crippen LogP contribution in [0.3, 0.4) is 0 Å². The second kappa shape index (κ2) is 8.12. The third-order valence-corrected chi connectivity index (χ3v) is 2.96. The van der Waals surface area contributed by atoms with Crippen LogP contribution in [-0.4, -0.2) is 24.7 Å². The number of carbonyl (C=O) groups excluding carboxylic acids is 1. The Balaban J connectivity index is 2.84. The van der Waals surface area contributed by atoms with E-state index in [0.717, 1.165) is 5.56 Å². The van der Waals surface area contributed by atoms with Gasteiger partial charge in [-0.25, -0.2) is 4.79 Å². The van der Waals surface area contributed by atoms with Crippen LogP contribution in [0.2, 0.25) is 5.02 Å². The SMILES string of the molecule is CCOC(=O)C(C)Oc1c(Cl)cccc1CNC(C)C. The second-order valence-corrected chi connectivity index (χ2v) is 5.18. The predicted molar refractivity (Wildman–Crippen MR) is 80.2 cm³/mol. The average Bonchev–Trinajstić information content (AvgIpc) is 2.39. The number of benzene rings is 1. The van der Waals surface area contributed by atoms with E-state index in [9.17, 15) is 4.79 Å². The summed E-state index contributed by atoms with van der Waals surface area (Å²) in [6.07, 6.45) is -0.687. The molecule has 5 heteroatoms. The molecule has 0 fully saturated rings. The highest BCUT2D eigenvalue weighted by Gasteiger charge is 2.19. The van der Waals surface area contributed by atoms with E-state index in [1.807, 2.05) is 12.1 Å². The molecule has 1 aromatic rings. The molecule has 0 saturated carbocycles. The molecule has 1 rings (SSSR count). The average molecular weight is 300 g/mol. The lowest BCUT2D eigenvalue weighted by Crippen LogP contribution is -2.27. The van der Waals surface area contributed by atoms with E-state index >= 15 is 0 Å². The molecule has 4 nitrogen and oxygen atoms in total. The van der Waals surface area contributed by atoms with Gasteiger partial charge in [-0.15, -0.1) is 0 Å². The molecule has 1 N–H and O–H groups in total. The summed E-state index contributed by atoms with van der Waals surface area (Å²) in [5.41, 5.74) is 0.919. The van der Waals surface area contributed by atoms with Gasteiger partial charge in [-0.3, -0.25) is 0 Å². The highest BCUT2D eigenvalue weighted by Crippen LogP contribution is 2.29. The van der Waals surface area contributed by atoms with Gasteiger partial charge < -0.3 is 14.8 Å². The molecule has 1 atom stereocenters. The monoisotopic (exact) mass is 299 g/mol.